The van der Waals surface area contributed by atoms with Gasteiger partial charge in [0.25, 0.3) is 0 Å². The Morgan fingerprint density at radius 3 is 2.94 bits per heavy atom. The third kappa shape index (κ3) is 2.92. The fraction of sp³-hybridized carbons (Fsp3) is 0.429. The summed E-state index contributed by atoms with van der Waals surface area (Å²) in [6.07, 6.45) is 2.27. The van der Waals surface area contributed by atoms with E-state index in [4.69, 9.17) is 4.65 Å². The maximum Gasteiger partial charge on any atom is 0.323 e. The summed E-state index contributed by atoms with van der Waals surface area (Å²) in [5.41, 5.74) is 3.84. The largest absolute Gasteiger partial charge is 0.434 e. The molecule has 2 rings (SSSR count). The lowest BCUT2D eigenvalue weighted by molar-refractivity contribution is 0.434. The molecule has 90 valence electrons. The van der Waals surface area contributed by atoms with Crippen molar-refractivity contribution in [3.8, 4) is 0 Å². The van der Waals surface area contributed by atoms with Gasteiger partial charge in [0.2, 0.25) is 0 Å². The first-order chi connectivity index (χ1) is 8.20. The van der Waals surface area contributed by atoms with Gasteiger partial charge < -0.3 is 9.97 Å². The van der Waals surface area contributed by atoms with Crippen molar-refractivity contribution in [1.82, 2.24) is 5.32 Å². The average Bonchev–Trinajstić information content (AvgIpc) is 2.39. The van der Waals surface area contributed by atoms with Crippen LogP contribution in [0.1, 0.15) is 24.3 Å². The Balaban J connectivity index is 2.13. The summed E-state index contributed by atoms with van der Waals surface area (Å²) in [5.74, 6) is 0.601. The quantitative estimate of drug-likeness (QED) is 0.802. The first kappa shape index (κ1) is 12.2. The Labute approximate surface area is 104 Å². The molecule has 1 saturated heterocycles. The zero-order valence-corrected chi connectivity index (χ0v) is 10.7. The molecule has 1 atom stereocenters. The standard InChI is InChI=1S/C14H20BNO/c1-11-7-8-13(10-16-11)12-5-4-6-14(9-12)15(2)17-3/h4-6,9,13,16H,1,7-8,10H2,2-3H3. The highest BCUT2D eigenvalue weighted by Crippen LogP contribution is 2.25. The van der Waals surface area contributed by atoms with E-state index in [1.165, 1.54) is 23.1 Å². The van der Waals surface area contributed by atoms with Crippen molar-refractivity contribution < 1.29 is 4.65 Å². The van der Waals surface area contributed by atoms with Crippen LogP contribution in [0, 0.1) is 0 Å². The van der Waals surface area contributed by atoms with Gasteiger partial charge in [-0.05, 0) is 23.9 Å². The second kappa shape index (κ2) is 5.41. The highest BCUT2D eigenvalue weighted by Gasteiger charge is 2.18. The van der Waals surface area contributed by atoms with Crippen molar-refractivity contribution in [3.63, 3.8) is 0 Å². The van der Waals surface area contributed by atoms with E-state index in [1.807, 2.05) is 0 Å². The van der Waals surface area contributed by atoms with Crippen molar-refractivity contribution in [1.29, 1.82) is 0 Å². The van der Waals surface area contributed by atoms with Crippen molar-refractivity contribution in [2.75, 3.05) is 13.7 Å². The van der Waals surface area contributed by atoms with Crippen LogP contribution < -0.4 is 10.8 Å². The molecule has 0 radical (unpaired) electrons. The summed E-state index contributed by atoms with van der Waals surface area (Å²) in [6.45, 7) is 7.23. The van der Waals surface area contributed by atoms with Crippen molar-refractivity contribution in [2.45, 2.75) is 25.6 Å². The number of nitrogens with one attached hydrogen (secondary N) is 1. The highest BCUT2D eigenvalue weighted by molar-refractivity contribution is 6.66. The minimum atomic E-state index is 0.168. The van der Waals surface area contributed by atoms with E-state index < -0.39 is 0 Å². The molecule has 0 saturated carbocycles. The average molecular weight is 229 g/mol. The smallest absolute Gasteiger partial charge is 0.323 e. The second-order valence-electron chi connectivity index (χ2n) is 4.77. The topological polar surface area (TPSA) is 21.3 Å². The summed E-state index contributed by atoms with van der Waals surface area (Å²) >= 11 is 0. The van der Waals surface area contributed by atoms with Crippen molar-refractivity contribution >= 4 is 12.4 Å². The van der Waals surface area contributed by atoms with Gasteiger partial charge in [-0.25, -0.2) is 0 Å². The predicted molar refractivity (Wildman–Crippen MR) is 73.8 cm³/mol. The summed E-state index contributed by atoms with van der Waals surface area (Å²) in [6, 6.07) is 8.75. The van der Waals surface area contributed by atoms with Gasteiger partial charge in [0, 0.05) is 25.3 Å². The van der Waals surface area contributed by atoms with Gasteiger partial charge in [0.15, 0.2) is 0 Å². The number of rotatable bonds is 3. The van der Waals surface area contributed by atoms with E-state index in [1.54, 1.807) is 7.11 Å². The second-order valence-corrected chi connectivity index (χ2v) is 4.77. The van der Waals surface area contributed by atoms with Crippen molar-refractivity contribution in [2.24, 2.45) is 0 Å². The number of benzene rings is 1. The van der Waals surface area contributed by atoms with Crippen LogP contribution in [0.3, 0.4) is 0 Å². The SMILES string of the molecule is C=C1CCC(c2cccc(B(C)OC)c2)CN1. The fourth-order valence-electron chi connectivity index (χ4n) is 2.29. The molecule has 1 fully saturated rings. The molecule has 1 N–H and O–H groups in total. The third-order valence-electron chi connectivity index (χ3n) is 3.60. The minimum absolute atomic E-state index is 0.168. The molecule has 1 heterocycles. The molecule has 1 unspecified atom stereocenters. The molecular formula is C14H20BNO. The predicted octanol–water partition coefficient (Wildman–Crippen LogP) is 2.14. The van der Waals surface area contributed by atoms with Crippen LogP contribution >= 0.6 is 0 Å². The van der Waals surface area contributed by atoms with Gasteiger partial charge in [0.1, 0.15) is 0 Å². The molecule has 17 heavy (non-hydrogen) atoms. The molecule has 1 aliphatic heterocycles. The maximum atomic E-state index is 5.37. The molecule has 3 heteroatoms. The number of hydrogen-bond donors (Lipinski definition) is 1. The first-order valence-corrected chi connectivity index (χ1v) is 6.25. The number of hydrogen-bond acceptors (Lipinski definition) is 2. The third-order valence-corrected chi connectivity index (χ3v) is 3.60. The van der Waals surface area contributed by atoms with E-state index >= 15 is 0 Å². The van der Waals surface area contributed by atoms with Crippen LogP contribution in [-0.2, 0) is 4.65 Å². The molecule has 0 aromatic heterocycles. The Morgan fingerprint density at radius 2 is 2.29 bits per heavy atom. The molecule has 0 bridgehead atoms. The van der Waals surface area contributed by atoms with Gasteiger partial charge in [-0.15, -0.1) is 0 Å². The Kier molecular flexibility index (Phi) is 3.90. The lowest BCUT2D eigenvalue weighted by Crippen LogP contribution is -2.31. The molecule has 0 amide bonds. The van der Waals surface area contributed by atoms with Crippen molar-refractivity contribution in [3.05, 3.63) is 42.1 Å². The van der Waals surface area contributed by atoms with E-state index in [9.17, 15) is 0 Å². The molecule has 1 aliphatic rings. The summed E-state index contributed by atoms with van der Waals surface area (Å²) in [5, 5.41) is 3.37. The van der Waals surface area contributed by atoms with Crippen LogP contribution in [0.25, 0.3) is 0 Å². The van der Waals surface area contributed by atoms with Crippen LogP contribution in [0.15, 0.2) is 36.5 Å². The zero-order valence-electron chi connectivity index (χ0n) is 10.7. The molecule has 1 aromatic rings. The van der Waals surface area contributed by atoms with Gasteiger partial charge in [-0.3, -0.25) is 0 Å². The van der Waals surface area contributed by atoms with Crippen LogP contribution in [-0.4, -0.2) is 20.6 Å². The summed E-state index contributed by atoms with van der Waals surface area (Å²) < 4.78 is 5.37. The number of piperidine rings is 1. The molecule has 2 nitrogen and oxygen atoms in total. The minimum Gasteiger partial charge on any atom is -0.434 e. The monoisotopic (exact) mass is 229 g/mol. The lowest BCUT2D eigenvalue weighted by Gasteiger charge is -2.26. The highest BCUT2D eigenvalue weighted by atomic mass is 16.4. The molecule has 1 aromatic carbocycles. The Morgan fingerprint density at radius 1 is 1.47 bits per heavy atom. The maximum absolute atomic E-state index is 5.37. The summed E-state index contributed by atoms with van der Waals surface area (Å²) in [4.78, 5) is 0. The number of allylic oxidation sites excluding steroid dienone is 1. The van der Waals surface area contributed by atoms with Crippen LogP contribution in [0.2, 0.25) is 6.82 Å². The molecule has 0 aliphatic carbocycles. The van der Waals surface area contributed by atoms with E-state index in [2.05, 4.69) is 43.0 Å². The van der Waals surface area contributed by atoms with E-state index in [0.29, 0.717) is 5.92 Å². The Hall–Kier alpha value is -1.22. The van der Waals surface area contributed by atoms with Crippen LogP contribution in [0.4, 0.5) is 0 Å². The molecular weight excluding hydrogens is 209 g/mol. The van der Waals surface area contributed by atoms with Gasteiger partial charge in [-0.2, -0.15) is 0 Å². The van der Waals surface area contributed by atoms with Gasteiger partial charge in [-0.1, -0.05) is 37.7 Å². The van der Waals surface area contributed by atoms with E-state index in [-0.39, 0.29) is 6.92 Å². The van der Waals surface area contributed by atoms with Gasteiger partial charge in [0.05, 0.1) is 0 Å². The normalized spacial score (nSPS) is 19.9. The molecule has 0 spiro atoms. The van der Waals surface area contributed by atoms with E-state index in [0.717, 1.165) is 13.0 Å². The zero-order chi connectivity index (χ0) is 12.3. The lowest BCUT2D eigenvalue weighted by atomic mass is 9.63. The van der Waals surface area contributed by atoms with Gasteiger partial charge >= 0.3 is 6.92 Å². The first-order valence-electron chi connectivity index (χ1n) is 6.25. The van der Waals surface area contributed by atoms with Crippen LogP contribution in [0.5, 0.6) is 0 Å². The summed E-state index contributed by atoms with van der Waals surface area (Å²) in [7, 11) is 1.75. The Bertz CT molecular complexity index is 395. The fourth-order valence-corrected chi connectivity index (χ4v) is 2.29.